The Morgan fingerprint density at radius 2 is 1.88 bits per heavy atom. The molecule has 1 amide bonds. The summed E-state index contributed by atoms with van der Waals surface area (Å²) in [5.74, 6) is -2.16. The molecule has 0 aromatic heterocycles. The average Bonchev–Trinajstić information content (AvgIpc) is 2.94. The van der Waals surface area contributed by atoms with Gasteiger partial charge in [-0.2, -0.15) is 0 Å². The number of phenolic OH excluding ortho intramolecular Hbond substituents is 2. The van der Waals surface area contributed by atoms with Crippen molar-refractivity contribution in [1.29, 1.82) is 0 Å². The molecule has 11 heteroatoms. The summed E-state index contributed by atoms with van der Waals surface area (Å²) >= 11 is 0. The fourth-order valence-electron chi connectivity index (χ4n) is 5.03. The fourth-order valence-corrected chi connectivity index (χ4v) is 5.03. The van der Waals surface area contributed by atoms with Gasteiger partial charge in [-0.3, -0.25) is 9.59 Å². The smallest absolute Gasteiger partial charge is 0.303 e. The number of esters is 1. The van der Waals surface area contributed by atoms with Crippen LogP contribution in [0.3, 0.4) is 0 Å². The van der Waals surface area contributed by atoms with Crippen LogP contribution in [-0.4, -0.2) is 79.1 Å². The van der Waals surface area contributed by atoms with Crippen LogP contribution in [0.25, 0.3) is 0 Å². The molecule has 234 valence electrons. The Kier molecular flexibility index (Phi) is 13.5. The van der Waals surface area contributed by atoms with E-state index < -0.39 is 48.9 Å². The molecule has 0 unspecified atom stereocenters. The van der Waals surface area contributed by atoms with Crippen LogP contribution in [0.1, 0.15) is 46.6 Å². The molecule has 1 aliphatic heterocycles. The molecule has 1 aromatic carbocycles. The van der Waals surface area contributed by atoms with Gasteiger partial charge in [-0.1, -0.05) is 38.2 Å². The van der Waals surface area contributed by atoms with Crippen LogP contribution in [0.15, 0.2) is 41.5 Å². The molecule has 0 radical (unpaired) electrons. The molecule has 2 bridgehead atoms. The number of alkyl halides is 1. The van der Waals surface area contributed by atoms with Crippen molar-refractivity contribution < 1.29 is 43.5 Å². The lowest BCUT2D eigenvalue weighted by Crippen LogP contribution is -2.36. The molecule has 1 aromatic rings. The summed E-state index contributed by atoms with van der Waals surface area (Å²) in [6.07, 6.45) is 4.12. The van der Waals surface area contributed by atoms with Gasteiger partial charge in [0.15, 0.2) is 6.10 Å². The maximum Gasteiger partial charge on any atom is 0.303 e. The van der Waals surface area contributed by atoms with Crippen molar-refractivity contribution in [3.63, 3.8) is 0 Å². The predicted octanol–water partition coefficient (Wildman–Crippen LogP) is 4.41. The van der Waals surface area contributed by atoms with Crippen molar-refractivity contribution in [1.82, 2.24) is 0 Å². The van der Waals surface area contributed by atoms with Crippen LogP contribution >= 0.6 is 0 Å². The van der Waals surface area contributed by atoms with Crippen molar-refractivity contribution in [2.75, 3.05) is 38.1 Å². The molecule has 2 rings (SSSR count). The minimum absolute atomic E-state index is 0.0124. The van der Waals surface area contributed by atoms with Crippen LogP contribution in [-0.2, 0) is 30.2 Å². The molecule has 6 atom stereocenters. The SMILES string of the molecule is CO[C@H]1/C=C\C=C(/C)C(=O)Nc2cc(O)c(NCCF)c(c2O)C[C@@H](C)C[C@H](OC)[C@H](O)[C@@H](C)/C=C(\C)[C@@H]1OC(C)=O. The number of nitrogens with one attached hydrogen (secondary N) is 2. The van der Waals surface area contributed by atoms with E-state index in [1.165, 1.54) is 33.3 Å². The van der Waals surface area contributed by atoms with E-state index in [0.29, 0.717) is 17.6 Å². The number of aromatic hydroxyl groups is 2. The quantitative estimate of drug-likeness (QED) is 0.140. The topological polar surface area (TPSA) is 147 Å². The van der Waals surface area contributed by atoms with E-state index >= 15 is 0 Å². The Morgan fingerprint density at radius 3 is 2.48 bits per heavy atom. The fraction of sp³-hybridized carbons (Fsp3) is 0.548. The van der Waals surface area contributed by atoms with Gasteiger partial charge in [0, 0.05) is 50.8 Å². The van der Waals surface area contributed by atoms with Gasteiger partial charge in [-0.15, -0.1) is 0 Å². The zero-order valence-corrected chi connectivity index (χ0v) is 25.4. The zero-order chi connectivity index (χ0) is 31.6. The highest BCUT2D eigenvalue weighted by Crippen LogP contribution is 2.42. The average molecular weight is 593 g/mol. The van der Waals surface area contributed by atoms with Gasteiger partial charge in [0.05, 0.1) is 23.6 Å². The number of hydrogen-bond acceptors (Lipinski definition) is 9. The summed E-state index contributed by atoms with van der Waals surface area (Å²) in [6.45, 7) is 7.59. The largest absolute Gasteiger partial charge is 0.506 e. The Morgan fingerprint density at radius 1 is 1.19 bits per heavy atom. The third-order valence-electron chi connectivity index (χ3n) is 7.28. The number of amides is 1. The maximum absolute atomic E-state index is 13.0. The van der Waals surface area contributed by atoms with Crippen molar-refractivity contribution in [3.8, 4) is 11.5 Å². The van der Waals surface area contributed by atoms with Crippen molar-refractivity contribution >= 4 is 23.3 Å². The first-order valence-corrected chi connectivity index (χ1v) is 14.0. The number of fused-ring (bicyclic) bond motifs is 2. The van der Waals surface area contributed by atoms with Gasteiger partial charge in [-0.05, 0) is 38.2 Å². The minimum Gasteiger partial charge on any atom is -0.506 e. The van der Waals surface area contributed by atoms with E-state index in [4.69, 9.17) is 14.2 Å². The molecular formula is C31H45FN2O8. The third-order valence-corrected chi connectivity index (χ3v) is 7.28. The number of phenols is 2. The molecule has 0 spiro atoms. The molecule has 0 saturated heterocycles. The van der Waals surface area contributed by atoms with Crippen LogP contribution in [0, 0.1) is 11.8 Å². The number of methoxy groups -OCH3 is 2. The summed E-state index contributed by atoms with van der Waals surface area (Å²) in [6, 6.07) is 1.20. The number of hydrogen-bond donors (Lipinski definition) is 5. The first-order valence-electron chi connectivity index (χ1n) is 14.0. The first kappa shape index (κ1) is 34.8. The Balaban J connectivity index is 2.66. The number of ether oxygens (including phenoxy) is 3. The normalized spacial score (nSPS) is 29.4. The van der Waals surface area contributed by atoms with Crippen molar-refractivity contribution in [2.24, 2.45) is 11.8 Å². The number of carbonyl (C=O) groups is 2. The molecule has 5 N–H and O–H groups in total. The second kappa shape index (κ2) is 16.3. The highest BCUT2D eigenvalue weighted by Gasteiger charge is 2.30. The zero-order valence-electron chi connectivity index (χ0n) is 25.4. The van der Waals surface area contributed by atoms with Crippen LogP contribution in [0.5, 0.6) is 11.5 Å². The molecule has 0 aliphatic carbocycles. The van der Waals surface area contributed by atoms with Gasteiger partial charge in [0.25, 0.3) is 5.91 Å². The molecule has 1 heterocycles. The highest BCUT2D eigenvalue weighted by molar-refractivity contribution is 6.04. The van der Waals surface area contributed by atoms with Gasteiger partial charge < -0.3 is 40.2 Å². The molecular weight excluding hydrogens is 547 g/mol. The predicted molar refractivity (Wildman–Crippen MR) is 159 cm³/mol. The molecule has 0 fully saturated rings. The lowest BCUT2D eigenvalue weighted by atomic mass is 9.87. The van der Waals surface area contributed by atoms with Crippen molar-refractivity contribution in [3.05, 3.63) is 47.1 Å². The molecule has 42 heavy (non-hydrogen) atoms. The summed E-state index contributed by atoms with van der Waals surface area (Å²) in [4.78, 5) is 24.9. The van der Waals surface area contributed by atoms with Gasteiger partial charge in [-0.25, -0.2) is 4.39 Å². The van der Waals surface area contributed by atoms with Crippen LogP contribution in [0.4, 0.5) is 15.8 Å². The lowest BCUT2D eigenvalue weighted by molar-refractivity contribution is -0.149. The molecule has 1 aliphatic rings. The summed E-state index contributed by atoms with van der Waals surface area (Å²) < 4.78 is 29.8. The number of carbonyl (C=O) groups excluding carboxylic acids is 2. The van der Waals surface area contributed by atoms with E-state index in [0.717, 1.165) is 0 Å². The Bertz CT molecular complexity index is 1180. The summed E-state index contributed by atoms with van der Waals surface area (Å²) in [5, 5.41) is 38.6. The lowest BCUT2D eigenvalue weighted by Gasteiger charge is -2.30. The number of benzene rings is 1. The van der Waals surface area contributed by atoms with Gasteiger partial charge >= 0.3 is 5.97 Å². The van der Waals surface area contributed by atoms with E-state index in [2.05, 4.69) is 10.6 Å². The number of halogens is 1. The Labute approximate surface area is 247 Å². The van der Waals surface area contributed by atoms with E-state index in [1.54, 1.807) is 26.0 Å². The van der Waals surface area contributed by atoms with Crippen molar-refractivity contribution in [2.45, 2.75) is 71.9 Å². The van der Waals surface area contributed by atoms with E-state index in [9.17, 15) is 29.3 Å². The number of allylic oxidation sites excluding steroid dienone is 2. The maximum atomic E-state index is 13.0. The van der Waals surface area contributed by atoms with E-state index in [-0.39, 0.29) is 47.3 Å². The summed E-state index contributed by atoms with van der Waals surface area (Å²) in [7, 11) is 2.97. The van der Waals surface area contributed by atoms with Gasteiger partial charge in [0.1, 0.15) is 24.3 Å². The second-order valence-electron chi connectivity index (χ2n) is 10.8. The Hall–Kier alpha value is -3.41. The standard InChI is InChI=1S/C31H45FN2O8/c1-17-13-22-27(33-12-11-32)24(36)16-23(29(22)38)34-31(39)18(2)9-8-10-25(40-6)30(42-21(5)35)20(4)15-19(3)28(37)26(14-17)41-7/h8-10,15-17,19,25-26,28,30,33,36-38H,11-14H2,1-7H3,(H,34,39)/b10-8-,18-9+,20-15+/t17-,19+,25+,26+,28-,30+/m1/s1. The number of anilines is 2. The highest BCUT2D eigenvalue weighted by atomic mass is 19.1. The number of rotatable bonds is 6. The van der Waals surface area contributed by atoms with Gasteiger partial charge in [0.2, 0.25) is 0 Å². The monoisotopic (exact) mass is 592 g/mol. The van der Waals surface area contributed by atoms with E-state index in [1.807, 2.05) is 19.9 Å². The molecule has 10 nitrogen and oxygen atoms in total. The number of aliphatic hydroxyl groups excluding tert-OH is 1. The third kappa shape index (κ3) is 9.30. The second-order valence-corrected chi connectivity index (χ2v) is 10.8. The first-order chi connectivity index (χ1) is 19.8. The van der Waals surface area contributed by atoms with Crippen LogP contribution in [0.2, 0.25) is 0 Å². The van der Waals surface area contributed by atoms with Crippen LogP contribution < -0.4 is 10.6 Å². The minimum atomic E-state index is -0.939. The molecule has 0 saturated carbocycles. The number of aliphatic hydroxyl groups is 1. The summed E-state index contributed by atoms with van der Waals surface area (Å²) in [5.41, 5.74) is 1.39.